The largest absolute Gasteiger partial charge is 0.264 e. The second-order valence-electron chi connectivity index (χ2n) is 5.15. The lowest BCUT2D eigenvalue weighted by Crippen LogP contribution is -1.95. The molecule has 0 unspecified atom stereocenters. The van der Waals surface area contributed by atoms with Crippen LogP contribution in [0.1, 0.15) is 42.9 Å². The Morgan fingerprint density at radius 3 is 2.40 bits per heavy atom. The Morgan fingerprint density at radius 2 is 1.65 bits per heavy atom. The van der Waals surface area contributed by atoms with Crippen molar-refractivity contribution in [3.63, 3.8) is 0 Å². The maximum absolute atomic E-state index is 6.17. The first-order valence-corrected chi connectivity index (χ1v) is 7.84. The van der Waals surface area contributed by atoms with Crippen LogP contribution in [0.3, 0.4) is 0 Å². The van der Waals surface area contributed by atoms with E-state index in [1.54, 1.807) is 0 Å². The molecule has 0 aliphatic heterocycles. The molecule has 0 saturated carbocycles. The van der Waals surface area contributed by atoms with Crippen molar-refractivity contribution in [2.45, 2.75) is 45.4 Å². The van der Waals surface area contributed by atoms with Gasteiger partial charge in [0.1, 0.15) is 0 Å². The number of hydrogen-bond acceptors (Lipinski definition) is 1. The molecule has 1 aromatic carbocycles. The second-order valence-corrected chi connectivity index (χ2v) is 5.56. The molecule has 0 N–H and O–H groups in total. The minimum atomic E-state index is 0.898. The smallest absolute Gasteiger partial charge is 0.0437 e. The summed E-state index contributed by atoms with van der Waals surface area (Å²) in [6, 6.07) is 10.3. The highest BCUT2D eigenvalue weighted by molar-refractivity contribution is 6.31. The third-order valence-electron chi connectivity index (χ3n) is 3.74. The first-order chi connectivity index (χ1) is 9.81. The number of halogens is 1. The summed E-state index contributed by atoms with van der Waals surface area (Å²) in [6.07, 6.45) is 10.9. The molecule has 1 aromatic heterocycles. The number of aryl methyl sites for hydroxylation is 3. The van der Waals surface area contributed by atoms with Gasteiger partial charge in [-0.15, -0.1) is 0 Å². The third-order valence-corrected chi connectivity index (χ3v) is 4.10. The van der Waals surface area contributed by atoms with Gasteiger partial charge in [-0.2, -0.15) is 0 Å². The zero-order valence-electron chi connectivity index (χ0n) is 12.1. The topological polar surface area (TPSA) is 12.9 Å². The molecule has 0 atom stereocenters. The molecule has 0 bridgehead atoms. The van der Waals surface area contributed by atoms with Crippen LogP contribution in [-0.4, -0.2) is 4.98 Å². The van der Waals surface area contributed by atoms with E-state index >= 15 is 0 Å². The Labute approximate surface area is 127 Å². The molecule has 20 heavy (non-hydrogen) atoms. The Bertz CT molecular complexity index is 536. The predicted octanol–water partition coefficient (Wildman–Crippen LogP) is 5.25. The summed E-state index contributed by atoms with van der Waals surface area (Å²) in [6.45, 7) is 2.19. The van der Waals surface area contributed by atoms with Crippen molar-refractivity contribution in [3.05, 3.63) is 64.4 Å². The summed E-state index contributed by atoms with van der Waals surface area (Å²) < 4.78 is 0. The molecule has 106 valence electrons. The van der Waals surface area contributed by atoms with E-state index in [2.05, 4.69) is 30.1 Å². The number of aromatic nitrogens is 1. The summed E-state index contributed by atoms with van der Waals surface area (Å²) in [7, 11) is 0. The molecule has 0 radical (unpaired) electrons. The molecular weight excluding hydrogens is 266 g/mol. The summed E-state index contributed by atoms with van der Waals surface area (Å²) in [5.41, 5.74) is 4.12. The molecular formula is C18H22ClN. The van der Waals surface area contributed by atoms with Crippen molar-refractivity contribution < 1.29 is 0 Å². The van der Waals surface area contributed by atoms with Crippen LogP contribution in [0.25, 0.3) is 0 Å². The maximum Gasteiger partial charge on any atom is 0.0437 e. The van der Waals surface area contributed by atoms with Gasteiger partial charge in [0, 0.05) is 17.4 Å². The quantitative estimate of drug-likeness (QED) is 0.634. The highest BCUT2D eigenvalue weighted by atomic mass is 35.5. The Hall–Kier alpha value is -1.34. The molecule has 1 heterocycles. The monoisotopic (exact) mass is 287 g/mol. The van der Waals surface area contributed by atoms with Gasteiger partial charge in [-0.05, 0) is 60.9 Å². The number of nitrogens with zero attached hydrogens (tertiary/aromatic N) is 1. The first kappa shape index (κ1) is 15.1. The van der Waals surface area contributed by atoms with Crippen molar-refractivity contribution in [1.29, 1.82) is 0 Å². The van der Waals surface area contributed by atoms with Crippen LogP contribution in [0.2, 0.25) is 5.02 Å². The first-order valence-electron chi connectivity index (χ1n) is 7.46. The fraction of sp³-hybridized carbons (Fsp3) is 0.389. The highest BCUT2D eigenvalue weighted by Gasteiger charge is 2.01. The van der Waals surface area contributed by atoms with E-state index in [4.69, 9.17) is 11.6 Å². The fourth-order valence-corrected chi connectivity index (χ4v) is 2.76. The predicted molar refractivity (Wildman–Crippen MR) is 86.3 cm³/mol. The van der Waals surface area contributed by atoms with Gasteiger partial charge in [-0.3, -0.25) is 4.98 Å². The number of rotatable bonds is 7. The number of benzene rings is 1. The Kier molecular flexibility index (Phi) is 6.07. The number of hydrogen-bond donors (Lipinski definition) is 0. The SMILES string of the molecule is CCc1cnccc1CCCCCc1ccccc1Cl. The Balaban J connectivity index is 1.73. The summed E-state index contributed by atoms with van der Waals surface area (Å²) in [4.78, 5) is 4.20. The van der Waals surface area contributed by atoms with E-state index in [-0.39, 0.29) is 0 Å². The Morgan fingerprint density at radius 1 is 0.900 bits per heavy atom. The molecule has 0 fully saturated rings. The van der Waals surface area contributed by atoms with Gasteiger partial charge in [0.05, 0.1) is 0 Å². The van der Waals surface area contributed by atoms with Crippen LogP contribution in [0.4, 0.5) is 0 Å². The fourth-order valence-electron chi connectivity index (χ4n) is 2.53. The van der Waals surface area contributed by atoms with E-state index in [1.807, 2.05) is 24.5 Å². The normalized spacial score (nSPS) is 10.7. The van der Waals surface area contributed by atoms with Crippen LogP contribution >= 0.6 is 11.6 Å². The van der Waals surface area contributed by atoms with E-state index < -0.39 is 0 Å². The molecule has 0 aliphatic rings. The number of pyridine rings is 1. The molecule has 1 nitrogen and oxygen atoms in total. The summed E-state index contributed by atoms with van der Waals surface area (Å²) in [5.74, 6) is 0. The minimum Gasteiger partial charge on any atom is -0.264 e. The molecule has 0 spiro atoms. The minimum absolute atomic E-state index is 0.898. The van der Waals surface area contributed by atoms with Crippen molar-refractivity contribution in [2.75, 3.05) is 0 Å². The standard InChI is InChI=1S/C18H22ClN/c1-2-15-14-20-13-12-16(15)8-4-3-5-9-17-10-6-7-11-18(17)19/h6-7,10-14H,2-5,8-9H2,1H3. The van der Waals surface area contributed by atoms with Gasteiger partial charge < -0.3 is 0 Å². The molecule has 2 heteroatoms. The molecule has 0 aliphatic carbocycles. The lowest BCUT2D eigenvalue weighted by atomic mass is 10.0. The molecule has 2 aromatic rings. The van der Waals surface area contributed by atoms with Gasteiger partial charge in [-0.25, -0.2) is 0 Å². The van der Waals surface area contributed by atoms with Gasteiger partial charge in [0.2, 0.25) is 0 Å². The van der Waals surface area contributed by atoms with E-state index in [9.17, 15) is 0 Å². The van der Waals surface area contributed by atoms with Gasteiger partial charge in [0.15, 0.2) is 0 Å². The zero-order chi connectivity index (χ0) is 14.2. The van der Waals surface area contributed by atoms with Crippen molar-refractivity contribution in [3.8, 4) is 0 Å². The highest BCUT2D eigenvalue weighted by Crippen LogP contribution is 2.18. The van der Waals surface area contributed by atoms with Crippen molar-refractivity contribution in [2.24, 2.45) is 0 Å². The average molecular weight is 288 g/mol. The summed E-state index contributed by atoms with van der Waals surface area (Å²) >= 11 is 6.17. The number of unbranched alkanes of at least 4 members (excludes halogenated alkanes) is 2. The van der Waals surface area contributed by atoms with E-state index in [0.29, 0.717) is 0 Å². The second kappa shape index (κ2) is 8.06. The van der Waals surface area contributed by atoms with E-state index in [0.717, 1.165) is 24.3 Å². The van der Waals surface area contributed by atoms with E-state index in [1.165, 1.54) is 36.0 Å². The molecule has 0 amide bonds. The maximum atomic E-state index is 6.17. The van der Waals surface area contributed by atoms with Crippen LogP contribution in [-0.2, 0) is 19.3 Å². The van der Waals surface area contributed by atoms with Crippen LogP contribution in [0.5, 0.6) is 0 Å². The lowest BCUT2D eigenvalue weighted by molar-refractivity contribution is 0.675. The van der Waals surface area contributed by atoms with Crippen LogP contribution in [0.15, 0.2) is 42.7 Å². The average Bonchev–Trinajstić information content (AvgIpc) is 2.49. The van der Waals surface area contributed by atoms with Crippen LogP contribution < -0.4 is 0 Å². The van der Waals surface area contributed by atoms with Gasteiger partial charge >= 0.3 is 0 Å². The zero-order valence-corrected chi connectivity index (χ0v) is 12.9. The van der Waals surface area contributed by atoms with Crippen molar-refractivity contribution in [1.82, 2.24) is 4.98 Å². The van der Waals surface area contributed by atoms with Crippen molar-refractivity contribution >= 4 is 11.6 Å². The summed E-state index contributed by atoms with van der Waals surface area (Å²) in [5, 5.41) is 0.898. The third kappa shape index (κ3) is 4.35. The van der Waals surface area contributed by atoms with Crippen LogP contribution in [0, 0.1) is 0 Å². The molecule has 2 rings (SSSR count). The lowest BCUT2D eigenvalue weighted by Gasteiger charge is -2.07. The van der Waals surface area contributed by atoms with Gasteiger partial charge in [0.25, 0.3) is 0 Å². The van der Waals surface area contributed by atoms with Gasteiger partial charge in [-0.1, -0.05) is 43.1 Å². The molecule has 0 saturated heterocycles.